The monoisotopic (exact) mass is 266 g/mol. The van der Waals surface area contributed by atoms with Gasteiger partial charge in [-0.15, -0.1) is 0 Å². The van der Waals surface area contributed by atoms with Gasteiger partial charge in [0.2, 0.25) is 0 Å². The Morgan fingerprint density at radius 1 is 1.26 bits per heavy atom. The molecule has 2 heterocycles. The van der Waals surface area contributed by atoms with Gasteiger partial charge in [0, 0.05) is 0 Å². The molecule has 0 aliphatic carbocycles. The lowest BCUT2D eigenvalue weighted by Gasteiger charge is -2.17. The van der Waals surface area contributed by atoms with E-state index in [-0.39, 0.29) is 12.4 Å². The van der Waals surface area contributed by atoms with E-state index < -0.39 is 24.5 Å². The summed E-state index contributed by atoms with van der Waals surface area (Å²) in [7, 11) is 0. The molecule has 7 heteroatoms. The molecular formula is C12H14N2O5. The van der Waals surface area contributed by atoms with Gasteiger partial charge in [0.15, 0.2) is 6.23 Å². The minimum absolute atomic E-state index is 0.0305. The van der Waals surface area contributed by atoms with Crippen LogP contribution in [0.5, 0.6) is 5.75 Å². The Bertz CT molecular complexity index is 599. The summed E-state index contributed by atoms with van der Waals surface area (Å²) in [6, 6.07) is 4.88. The zero-order chi connectivity index (χ0) is 13.6. The predicted molar refractivity (Wildman–Crippen MR) is 64.4 cm³/mol. The van der Waals surface area contributed by atoms with Crippen molar-refractivity contribution >= 4 is 11.0 Å². The van der Waals surface area contributed by atoms with Crippen LogP contribution in [-0.2, 0) is 4.74 Å². The first kappa shape index (κ1) is 12.4. The van der Waals surface area contributed by atoms with Crippen LogP contribution in [0.25, 0.3) is 11.0 Å². The summed E-state index contributed by atoms with van der Waals surface area (Å²) in [4.78, 5) is 4.05. The predicted octanol–water partition coefficient (Wildman–Crippen LogP) is -0.647. The van der Waals surface area contributed by atoms with Crippen LogP contribution < -0.4 is 0 Å². The number of hydrogen-bond donors (Lipinski definition) is 4. The number of imidazole rings is 1. The maximum absolute atomic E-state index is 9.96. The number of ether oxygens (including phenoxy) is 1. The first-order valence-corrected chi connectivity index (χ1v) is 5.90. The molecule has 1 saturated heterocycles. The van der Waals surface area contributed by atoms with E-state index in [0.717, 1.165) is 0 Å². The van der Waals surface area contributed by atoms with E-state index in [0.29, 0.717) is 11.0 Å². The number of aliphatic hydroxyl groups is 3. The Labute approximate surface area is 108 Å². The van der Waals surface area contributed by atoms with Gasteiger partial charge < -0.3 is 29.7 Å². The number of aromatic nitrogens is 2. The van der Waals surface area contributed by atoms with Gasteiger partial charge in [0.25, 0.3) is 0 Å². The number of nitrogens with zero attached hydrogens (tertiary/aromatic N) is 2. The summed E-state index contributed by atoms with van der Waals surface area (Å²) >= 11 is 0. The molecule has 2 aromatic rings. The second-order valence-corrected chi connectivity index (χ2v) is 4.53. The van der Waals surface area contributed by atoms with Crippen LogP contribution in [0.15, 0.2) is 24.5 Å². The van der Waals surface area contributed by atoms with Crippen LogP contribution in [0.4, 0.5) is 0 Å². The van der Waals surface area contributed by atoms with Crippen molar-refractivity contribution in [3.63, 3.8) is 0 Å². The Kier molecular flexibility index (Phi) is 2.90. The lowest BCUT2D eigenvalue weighted by atomic mass is 10.1. The second kappa shape index (κ2) is 4.46. The topological polar surface area (TPSA) is 108 Å². The van der Waals surface area contributed by atoms with Gasteiger partial charge in [0.1, 0.15) is 29.6 Å². The molecule has 7 nitrogen and oxygen atoms in total. The van der Waals surface area contributed by atoms with Crippen molar-refractivity contribution in [2.45, 2.75) is 24.5 Å². The van der Waals surface area contributed by atoms with Gasteiger partial charge in [0.05, 0.1) is 18.5 Å². The van der Waals surface area contributed by atoms with Crippen LogP contribution in [0.3, 0.4) is 0 Å². The fraction of sp³-hybridized carbons (Fsp3) is 0.417. The molecule has 3 rings (SSSR count). The fourth-order valence-electron chi connectivity index (χ4n) is 2.35. The van der Waals surface area contributed by atoms with Gasteiger partial charge in [-0.25, -0.2) is 4.98 Å². The summed E-state index contributed by atoms with van der Waals surface area (Å²) in [6.07, 6.45) is -2.60. The Morgan fingerprint density at radius 3 is 2.74 bits per heavy atom. The van der Waals surface area contributed by atoms with Crippen LogP contribution in [-0.4, -0.2) is 54.9 Å². The minimum atomic E-state index is -1.17. The van der Waals surface area contributed by atoms with Crippen molar-refractivity contribution in [2.24, 2.45) is 0 Å². The molecule has 1 aromatic carbocycles. The van der Waals surface area contributed by atoms with Gasteiger partial charge in [-0.1, -0.05) is 6.07 Å². The minimum Gasteiger partial charge on any atom is -0.506 e. The standard InChI is InChI=1S/C12H14N2O5/c15-4-8-10(17)11(18)12(19-8)14-5-13-9-6(14)2-1-3-7(9)16/h1-3,5,8,10-12,15-18H,4H2. The third kappa shape index (κ3) is 1.79. The number of hydrogen-bond acceptors (Lipinski definition) is 6. The molecular weight excluding hydrogens is 252 g/mol. The molecule has 0 bridgehead atoms. The molecule has 19 heavy (non-hydrogen) atoms. The van der Waals surface area contributed by atoms with E-state index in [1.807, 2.05) is 0 Å². The third-order valence-electron chi connectivity index (χ3n) is 3.37. The van der Waals surface area contributed by atoms with Crippen molar-refractivity contribution < 1.29 is 25.2 Å². The molecule has 4 unspecified atom stereocenters. The van der Waals surface area contributed by atoms with E-state index in [2.05, 4.69) is 4.98 Å². The maximum atomic E-state index is 9.96. The highest BCUT2D eigenvalue weighted by Gasteiger charge is 2.43. The first-order valence-electron chi connectivity index (χ1n) is 5.90. The quantitative estimate of drug-likeness (QED) is 0.575. The zero-order valence-corrected chi connectivity index (χ0v) is 9.92. The molecule has 4 atom stereocenters. The second-order valence-electron chi connectivity index (χ2n) is 4.53. The number of aliphatic hydroxyl groups excluding tert-OH is 3. The summed E-state index contributed by atoms with van der Waals surface area (Å²) in [6.45, 7) is -0.382. The van der Waals surface area contributed by atoms with Crippen LogP contribution in [0, 0.1) is 0 Å². The Morgan fingerprint density at radius 2 is 2.05 bits per heavy atom. The number of phenols is 1. The Balaban J connectivity index is 2.04. The van der Waals surface area contributed by atoms with Gasteiger partial charge in [-0.05, 0) is 12.1 Å². The summed E-state index contributed by atoms with van der Waals surface area (Å²) in [5.74, 6) is 0.0305. The van der Waals surface area contributed by atoms with E-state index in [9.17, 15) is 15.3 Å². The number of para-hydroxylation sites is 1. The van der Waals surface area contributed by atoms with Gasteiger partial charge in [-0.3, -0.25) is 0 Å². The lowest BCUT2D eigenvalue weighted by Crippen LogP contribution is -2.33. The van der Waals surface area contributed by atoms with E-state index in [1.165, 1.54) is 17.0 Å². The average Bonchev–Trinajstić information content (AvgIpc) is 2.94. The number of rotatable bonds is 2. The van der Waals surface area contributed by atoms with Crippen molar-refractivity contribution in [2.75, 3.05) is 6.61 Å². The first-order chi connectivity index (χ1) is 9.13. The van der Waals surface area contributed by atoms with Crippen molar-refractivity contribution in [1.29, 1.82) is 0 Å². The average molecular weight is 266 g/mol. The van der Waals surface area contributed by atoms with Crippen LogP contribution in [0.1, 0.15) is 6.23 Å². The van der Waals surface area contributed by atoms with Crippen molar-refractivity contribution in [3.8, 4) is 5.75 Å². The van der Waals surface area contributed by atoms with Crippen LogP contribution >= 0.6 is 0 Å². The summed E-state index contributed by atoms with van der Waals surface area (Å²) in [5.41, 5.74) is 0.968. The third-order valence-corrected chi connectivity index (χ3v) is 3.37. The van der Waals surface area contributed by atoms with E-state index in [1.54, 1.807) is 12.1 Å². The normalized spacial score (nSPS) is 31.1. The summed E-state index contributed by atoms with van der Waals surface area (Å²) in [5, 5.41) is 38.4. The smallest absolute Gasteiger partial charge is 0.164 e. The molecule has 4 N–H and O–H groups in total. The largest absolute Gasteiger partial charge is 0.506 e. The molecule has 1 aliphatic rings. The fourth-order valence-corrected chi connectivity index (χ4v) is 2.35. The van der Waals surface area contributed by atoms with Crippen molar-refractivity contribution in [1.82, 2.24) is 9.55 Å². The highest BCUT2D eigenvalue weighted by Crippen LogP contribution is 2.33. The molecule has 1 aliphatic heterocycles. The SMILES string of the molecule is OCC1OC(n2cnc3c(O)cccc32)C(O)C1O. The van der Waals surface area contributed by atoms with Crippen molar-refractivity contribution in [3.05, 3.63) is 24.5 Å². The van der Waals surface area contributed by atoms with Crippen LogP contribution in [0.2, 0.25) is 0 Å². The summed E-state index contributed by atoms with van der Waals surface area (Å²) < 4.78 is 6.95. The number of fused-ring (bicyclic) bond motifs is 1. The highest BCUT2D eigenvalue weighted by atomic mass is 16.6. The molecule has 102 valence electrons. The van der Waals surface area contributed by atoms with Gasteiger partial charge in [-0.2, -0.15) is 0 Å². The Hall–Kier alpha value is -1.67. The molecule has 0 spiro atoms. The maximum Gasteiger partial charge on any atom is 0.164 e. The molecule has 0 amide bonds. The molecule has 1 aromatic heterocycles. The van der Waals surface area contributed by atoms with Gasteiger partial charge >= 0.3 is 0 Å². The van der Waals surface area contributed by atoms with E-state index in [4.69, 9.17) is 9.84 Å². The molecule has 1 fully saturated rings. The number of phenolic OH excluding ortho intramolecular Hbond substituents is 1. The van der Waals surface area contributed by atoms with E-state index >= 15 is 0 Å². The highest BCUT2D eigenvalue weighted by molar-refractivity contribution is 5.81. The molecule has 0 saturated carbocycles. The zero-order valence-electron chi connectivity index (χ0n) is 9.92. The number of aromatic hydroxyl groups is 1. The number of benzene rings is 1. The lowest BCUT2D eigenvalue weighted by molar-refractivity contribution is -0.0508. The molecule has 0 radical (unpaired) electrons.